The lowest BCUT2D eigenvalue weighted by Crippen LogP contribution is -2.20. The number of nitrogens with zero attached hydrogens (tertiary/aromatic N) is 2. The Balaban J connectivity index is 2.90. The maximum absolute atomic E-state index is 12.2. The summed E-state index contributed by atoms with van der Waals surface area (Å²) in [7, 11) is 0. The van der Waals surface area contributed by atoms with E-state index in [0.717, 1.165) is 16.9 Å². The smallest absolute Gasteiger partial charge is 0.391 e. The molecular formula is C7H9F3N2O. The van der Waals surface area contributed by atoms with Crippen LogP contribution in [0.15, 0.2) is 12.3 Å². The van der Waals surface area contributed by atoms with E-state index in [4.69, 9.17) is 5.11 Å². The van der Waals surface area contributed by atoms with Crippen molar-refractivity contribution in [2.24, 2.45) is 0 Å². The predicted molar refractivity (Wildman–Crippen MR) is 38.9 cm³/mol. The van der Waals surface area contributed by atoms with Crippen molar-refractivity contribution in [1.82, 2.24) is 9.78 Å². The second-order valence-corrected chi connectivity index (χ2v) is 2.75. The Labute approximate surface area is 72.8 Å². The van der Waals surface area contributed by atoms with Crippen molar-refractivity contribution >= 4 is 0 Å². The van der Waals surface area contributed by atoms with Crippen molar-refractivity contribution in [2.75, 3.05) is 0 Å². The number of aliphatic hydroxyl groups is 1. The molecule has 1 aromatic heterocycles. The van der Waals surface area contributed by atoms with Gasteiger partial charge in [0, 0.05) is 6.20 Å². The lowest BCUT2D eigenvalue weighted by Gasteiger charge is -2.11. The molecule has 0 saturated heterocycles. The lowest BCUT2D eigenvalue weighted by atomic mass is 10.3. The molecule has 0 aromatic carbocycles. The lowest BCUT2D eigenvalue weighted by molar-refractivity contribution is -0.144. The van der Waals surface area contributed by atoms with Crippen molar-refractivity contribution in [3.63, 3.8) is 0 Å². The Kier molecular flexibility index (Phi) is 2.60. The van der Waals surface area contributed by atoms with Crippen LogP contribution < -0.4 is 0 Å². The average Bonchev–Trinajstić information content (AvgIpc) is 2.31. The highest BCUT2D eigenvalue weighted by Gasteiger charge is 2.34. The number of hydrogen-bond acceptors (Lipinski definition) is 2. The van der Waals surface area contributed by atoms with Crippen LogP contribution in [0.5, 0.6) is 0 Å². The van der Waals surface area contributed by atoms with Crippen LogP contribution >= 0.6 is 0 Å². The zero-order chi connectivity index (χ0) is 10.1. The molecule has 0 saturated carbocycles. The molecule has 0 bridgehead atoms. The largest absolute Gasteiger partial charge is 0.433 e. The molecule has 1 atom stereocenters. The molecule has 1 aromatic rings. The van der Waals surface area contributed by atoms with Crippen LogP contribution in [0.25, 0.3) is 0 Å². The van der Waals surface area contributed by atoms with E-state index in [0.29, 0.717) is 0 Å². The Morgan fingerprint density at radius 2 is 2.23 bits per heavy atom. The molecule has 1 heterocycles. The molecule has 0 amide bonds. The fourth-order valence-corrected chi connectivity index (χ4v) is 0.969. The first kappa shape index (κ1) is 10.0. The molecular weight excluding hydrogens is 185 g/mol. The zero-order valence-corrected chi connectivity index (χ0v) is 6.91. The van der Waals surface area contributed by atoms with Gasteiger partial charge < -0.3 is 5.11 Å². The van der Waals surface area contributed by atoms with Gasteiger partial charge in [-0.1, -0.05) is 0 Å². The third-order valence-corrected chi connectivity index (χ3v) is 1.44. The fourth-order valence-electron chi connectivity index (χ4n) is 0.969. The van der Waals surface area contributed by atoms with Crippen molar-refractivity contribution in [1.29, 1.82) is 0 Å². The number of halogens is 3. The summed E-state index contributed by atoms with van der Waals surface area (Å²) in [5.41, 5.74) is -0.839. The SMILES string of the molecule is C[C@H](O)Cn1nccc1C(F)(F)F. The quantitative estimate of drug-likeness (QED) is 0.770. The highest BCUT2D eigenvalue weighted by Crippen LogP contribution is 2.28. The van der Waals surface area contributed by atoms with E-state index in [9.17, 15) is 13.2 Å². The van der Waals surface area contributed by atoms with Gasteiger partial charge in [0.15, 0.2) is 0 Å². The van der Waals surface area contributed by atoms with Crippen molar-refractivity contribution in [3.8, 4) is 0 Å². The minimum absolute atomic E-state index is 0.151. The topological polar surface area (TPSA) is 38.0 Å². The molecule has 0 aliphatic heterocycles. The summed E-state index contributed by atoms with van der Waals surface area (Å²) in [5, 5.41) is 12.3. The van der Waals surface area contributed by atoms with E-state index < -0.39 is 18.0 Å². The summed E-state index contributed by atoms with van der Waals surface area (Å²) in [6.07, 6.45) is -4.20. The summed E-state index contributed by atoms with van der Waals surface area (Å²) < 4.78 is 37.3. The first-order chi connectivity index (χ1) is 5.91. The third kappa shape index (κ3) is 2.45. The summed E-state index contributed by atoms with van der Waals surface area (Å²) in [6, 6.07) is 0.877. The summed E-state index contributed by atoms with van der Waals surface area (Å²) in [5.74, 6) is 0. The molecule has 74 valence electrons. The minimum atomic E-state index is -4.41. The van der Waals surface area contributed by atoms with E-state index in [-0.39, 0.29) is 6.54 Å². The third-order valence-electron chi connectivity index (χ3n) is 1.44. The standard InChI is InChI=1S/C7H9F3N2O/c1-5(13)4-12-6(2-3-11-12)7(8,9)10/h2-3,5,13H,4H2,1H3/t5-/m0/s1. The highest BCUT2D eigenvalue weighted by atomic mass is 19.4. The van der Waals surface area contributed by atoms with E-state index in [1.54, 1.807) is 0 Å². The van der Waals surface area contributed by atoms with Crippen LogP contribution in [0.1, 0.15) is 12.6 Å². The van der Waals surface area contributed by atoms with Crippen molar-refractivity contribution in [2.45, 2.75) is 25.7 Å². The maximum atomic E-state index is 12.2. The molecule has 0 fully saturated rings. The molecule has 3 nitrogen and oxygen atoms in total. The molecule has 1 N–H and O–H groups in total. The van der Waals surface area contributed by atoms with E-state index in [2.05, 4.69) is 5.10 Å². The van der Waals surface area contributed by atoms with Gasteiger partial charge in [-0.15, -0.1) is 0 Å². The van der Waals surface area contributed by atoms with E-state index in [1.165, 1.54) is 6.92 Å². The van der Waals surface area contributed by atoms with Gasteiger partial charge in [-0.25, -0.2) is 0 Å². The van der Waals surface area contributed by atoms with Crippen LogP contribution in [0.2, 0.25) is 0 Å². The number of rotatable bonds is 2. The van der Waals surface area contributed by atoms with E-state index in [1.807, 2.05) is 0 Å². The number of alkyl halides is 3. The normalized spacial score (nSPS) is 14.5. The van der Waals surface area contributed by atoms with Gasteiger partial charge in [0.1, 0.15) is 5.69 Å². The Morgan fingerprint density at radius 1 is 1.62 bits per heavy atom. The molecule has 0 spiro atoms. The summed E-state index contributed by atoms with van der Waals surface area (Å²) >= 11 is 0. The number of hydrogen-bond donors (Lipinski definition) is 1. The van der Waals surface area contributed by atoms with Crippen LogP contribution in [-0.4, -0.2) is 21.0 Å². The first-order valence-corrected chi connectivity index (χ1v) is 3.68. The van der Waals surface area contributed by atoms with Gasteiger partial charge in [0.25, 0.3) is 0 Å². The van der Waals surface area contributed by atoms with Gasteiger partial charge in [-0.2, -0.15) is 18.3 Å². The van der Waals surface area contributed by atoms with Gasteiger partial charge in [-0.3, -0.25) is 4.68 Å². The predicted octanol–water partition coefficient (Wildman–Crippen LogP) is 1.28. The van der Waals surface area contributed by atoms with Crippen LogP contribution in [0, 0.1) is 0 Å². The van der Waals surface area contributed by atoms with E-state index >= 15 is 0 Å². The van der Waals surface area contributed by atoms with Crippen molar-refractivity contribution in [3.05, 3.63) is 18.0 Å². The molecule has 0 aliphatic carbocycles. The molecule has 13 heavy (non-hydrogen) atoms. The zero-order valence-electron chi connectivity index (χ0n) is 6.91. The Bertz CT molecular complexity index is 280. The van der Waals surface area contributed by atoms with Gasteiger partial charge in [0.05, 0.1) is 12.6 Å². The minimum Gasteiger partial charge on any atom is -0.391 e. The fraction of sp³-hybridized carbons (Fsp3) is 0.571. The van der Waals surface area contributed by atoms with Crippen LogP contribution in [-0.2, 0) is 12.7 Å². The van der Waals surface area contributed by atoms with Gasteiger partial charge in [-0.05, 0) is 13.0 Å². The van der Waals surface area contributed by atoms with Crippen LogP contribution in [0.3, 0.4) is 0 Å². The molecule has 0 aliphatic rings. The Morgan fingerprint density at radius 3 is 2.69 bits per heavy atom. The maximum Gasteiger partial charge on any atom is 0.433 e. The van der Waals surface area contributed by atoms with Gasteiger partial charge >= 0.3 is 6.18 Å². The molecule has 0 radical (unpaired) electrons. The average molecular weight is 194 g/mol. The Hall–Kier alpha value is -1.04. The van der Waals surface area contributed by atoms with Crippen molar-refractivity contribution < 1.29 is 18.3 Å². The molecule has 0 unspecified atom stereocenters. The molecule has 1 rings (SSSR count). The summed E-state index contributed by atoms with van der Waals surface area (Å²) in [6.45, 7) is 1.25. The summed E-state index contributed by atoms with van der Waals surface area (Å²) in [4.78, 5) is 0. The monoisotopic (exact) mass is 194 g/mol. The highest BCUT2D eigenvalue weighted by molar-refractivity contribution is 5.04. The number of aromatic nitrogens is 2. The van der Waals surface area contributed by atoms with Gasteiger partial charge in [0.2, 0.25) is 0 Å². The first-order valence-electron chi connectivity index (χ1n) is 3.68. The molecule has 6 heteroatoms. The second kappa shape index (κ2) is 3.37. The van der Waals surface area contributed by atoms with Crippen LogP contribution in [0.4, 0.5) is 13.2 Å². The second-order valence-electron chi connectivity index (χ2n) is 2.75. The number of aliphatic hydroxyl groups excluding tert-OH is 1.